The SMILES string of the molecule is CC/C=C\C/C=C\C/C=C\C/C=C\C/C=C\C/C=C\CCCCCCCCC(=O)OC(COC(=O)CCCCCCCCCCC)COC(=O)CCCCCCCCCCCCCCCCCCCCCCCCCCCCCCCC. The molecule has 0 bridgehead atoms. The average molecular weight is 1150 g/mol. The molecule has 0 saturated heterocycles. The van der Waals surface area contributed by atoms with Crippen molar-refractivity contribution in [1.82, 2.24) is 0 Å². The number of rotatable bonds is 66. The van der Waals surface area contributed by atoms with Gasteiger partial charge in [-0.05, 0) is 70.6 Å². The highest BCUT2D eigenvalue weighted by Gasteiger charge is 2.19. The van der Waals surface area contributed by atoms with Crippen LogP contribution in [0.25, 0.3) is 0 Å². The van der Waals surface area contributed by atoms with E-state index in [2.05, 4.69) is 93.7 Å². The summed E-state index contributed by atoms with van der Waals surface area (Å²) in [6.45, 7) is 6.55. The molecule has 0 rings (SSSR count). The first-order valence-electron chi connectivity index (χ1n) is 35.9. The van der Waals surface area contributed by atoms with Crippen molar-refractivity contribution in [1.29, 1.82) is 0 Å². The molecule has 1 atom stereocenters. The zero-order valence-corrected chi connectivity index (χ0v) is 54.8. The maximum absolute atomic E-state index is 12.9. The van der Waals surface area contributed by atoms with Crippen LogP contribution < -0.4 is 0 Å². The number of carbonyl (C=O) groups is 3. The first kappa shape index (κ1) is 78.8. The Morgan fingerprint density at radius 3 is 0.744 bits per heavy atom. The Kier molecular flexibility index (Phi) is 67.6. The zero-order chi connectivity index (χ0) is 59.2. The number of esters is 3. The van der Waals surface area contributed by atoms with Gasteiger partial charge in [-0.2, -0.15) is 0 Å². The topological polar surface area (TPSA) is 78.9 Å². The van der Waals surface area contributed by atoms with Crippen LogP contribution in [0.2, 0.25) is 0 Å². The standard InChI is InChI=1S/C76H136O6/c1-4-7-10-13-16-19-21-23-25-27-29-31-33-35-36-37-38-39-41-42-44-46-48-50-52-54-57-60-63-66-69-75(78)81-72-73(71-80-74(77)68-65-62-59-56-18-15-12-9-6-3)82-76(79)70-67-64-61-58-55-53-51-49-47-45-43-40-34-32-30-28-26-24-22-20-17-14-11-8-5-2/h8,11,17,20,24,26,30,32,40,43,47,49,73H,4-7,9-10,12-16,18-19,21-23,25,27-29,31,33-39,41-42,44-46,48,50-72H2,1-3H3/b11-8-,20-17-,26-24-,32-30-,43-40-,49-47-. The van der Waals surface area contributed by atoms with E-state index in [1.807, 2.05) is 0 Å². The van der Waals surface area contributed by atoms with Gasteiger partial charge in [0, 0.05) is 19.3 Å². The third-order valence-corrected chi connectivity index (χ3v) is 16.0. The Labute approximate surface area is 510 Å². The second-order valence-electron chi connectivity index (χ2n) is 24.1. The van der Waals surface area contributed by atoms with Crippen molar-refractivity contribution in [2.45, 2.75) is 380 Å². The van der Waals surface area contributed by atoms with Crippen LogP contribution in [0.15, 0.2) is 72.9 Å². The van der Waals surface area contributed by atoms with Gasteiger partial charge in [-0.15, -0.1) is 0 Å². The molecule has 0 N–H and O–H groups in total. The molecule has 0 amide bonds. The third-order valence-electron chi connectivity index (χ3n) is 16.0. The molecule has 6 nitrogen and oxygen atoms in total. The summed E-state index contributed by atoms with van der Waals surface area (Å²) in [6.07, 6.45) is 92.4. The summed E-state index contributed by atoms with van der Waals surface area (Å²) in [5, 5.41) is 0. The highest BCUT2D eigenvalue weighted by molar-refractivity contribution is 5.71. The maximum Gasteiger partial charge on any atom is 0.306 e. The molecule has 0 aliphatic carbocycles. The minimum atomic E-state index is -0.782. The summed E-state index contributed by atoms with van der Waals surface area (Å²) in [7, 11) is 0. The molecule has 1 unspecified atom stereocenters. The van der Waals surface area contributed by atoms with Crippen LogP contribution in [0.1, 0.15) is 374 Å². The van der Waals surface area contributed by atoms with Crippen molar-refractivity contribution in [3.05, 3.63) is 72.9 Å². The molecule has 0 fully saturated rings. The van der Waals surface area contributed by atoms with Crippen molar-refractivity contribution < 1.29 is 28.6 Å². The van der Waals surface area contributed by atoms with Crippen molar-refractivity contribution in [3.8, 4) is 0 Å². The van der Waals surface area contributed by atoms with Gasteiger partial charge in [0.25, 0.3) is 0 Å². The van der Waals surface area contributed by atoms with Crippen LogP contribution >= 0.6 is 0 Å². The van der Waals surface area contributed by atoms with Crippen LogP contribution in [0.3, 0.4) is 0 Å². The predicted molar refractivity (Wildman–Crippen MR) is 358 cm³/mol. The second-order valence-corrected chi connectivity index (χ2v) is 24.1. The van der Waals surface area contributed by atoms with Gasteiger partial charge in [0.1, 0.15) is 13.2 Å². The minimum Gasteiger partial charge on any atom is -0.462 e. The van der Waals surface area contributed by atoms with E-state index in [9.17, 15) is 14.4 Å². The summed E-state index contributed by atoms with van der Waals surface area (Å²) in [5.74, 6) is -0.875. The van der Waals surface area contributed by atoms with Crippen LogP contribution in [0.4, 0.5) is 0 Å². The summed E-state index contributed by atoms with van der Waals surface area (Å²) >= 11 is 0. The molecule has 476 valence electrons. The van der Waals surface area contributed by atoms with E-state index in [4.69, 9.17) is 14.2 Å². The lowest BCUT2D eigenvalue weighted by atomic mass is 10.0. The molecular weight excluding hydrogens is 1010 g/mol. The van der Waals surface area contributed by atoms with Crippen molar-refractivity contribution in [2.24, 2.45) is 0 Å². The van der Waals surface area contributed by atoms with Crippen molar-refractivity contribution in [2.75, 3.05) is 13.2 Å². The van der Waals surface area contributed by atoms with E-state index >= 15 is 0 Å². The molecule has 0 heterocycles. The van der Waals surface area contributed by atoms with Crippen molar-refractivity contribution >= 4 is 17.9 Å². The third kappa shape index (κ3) is 67.6. The lowest BCUT2D eigenvalue weighted by Gasteiger charge is -2.18. The average Bonchev–Trinajstić information content (AvgIpc) is 3.48. The number of allylic oxidation sites excluding steroid dienone is 12. The molecular formula is C76H136O6. The first-order chi connectivity index (χ1) is 40.5. The second kappa shape index (κ2) is 70.3. The number of ether oxygens (including phenoxy) is 3. The fourth-order valence-corrected chi connectivity index (χ4v) is 10.6. The summed E-state index contributed by atoms with van der Waals surface area (Å²) in [5.41, 5.74) is 0. The molecule has 0 saturated carbocycles. The molecule has 0 aromatic carbocycles. The van der Waals surface area contributed by atoms with Crippen LogP contribution in [-0.4, -0.2) is 37.2 Å². The number of hydrogen-bond donors (Lipinski definition) is 0. The number of hydrogen-bond acceptors (Lipinski definition) is 6. The van der Waals surface area contributed by atoms with E-state index in [-0.39, 0.29) is 31.1 Å². The van der Waals surface area contributed by atoms with E-state index in [1.54, 1.807) is 0 Å². The maximum atomic E-state index is 12.9. The summed E-state index contributed by atoms with van der Waals surface area (Å²) < 4.78 is 16.9. The lowest BCUT2D eigenvalue weighted by Crippen LogP contribution is -2.30. The van der Waals surface area contributed by atoms with Gasteiger partial charge in [0.05, 0.1) is 0 Å². The van der Waals surface area contributed by atoms with Gasteiger partial charge in [-0.1, -0.05) is 357 Å². The molecule has 82 heavy (non-hydrogen) atoms. The van der Waals surface area contributed by atoms with Gasteiger partial charge >= 0.3 is 17.9 Å². The van der Waals surface area contributed by atoms with E-state index < -0.39 is 6.10 Å². The Balaban J connectivity index is 4.13. The van der Waals surface area contributed by atoms with Gasteiger partial charge < -0.3 is 14.2 Å². The quantitative estimate of drug-likeness (QED) is 0.0261. The largest absolute Gasteiger partial charge is 0.462 e. The molecule has 6 heteroatoms. The normalized spacial score (nSPS) is 12.5. The van der Waals surface area contributed by atoms with E-state index in [0.717, 1.165) is 109 Å². The van der Waals surface area contributed by atoms with Gasteiger partial charge in [0.2, 0.25) is 0 Å². The fraction of sp³-hybridized carbons (Fsp3) is 0.803. The van der Waals surface area contributed by atoms with Crippen LogP contribution in [0.5, 0.6) is 0 Å². The number of carbonyl (C=O) groups excluding carboxylic acids is 3. The van der Waals surface area contributed by atoms with E-state index in [1.165, 1.54) is 225 Å². The highest BCUT2D eigenvalue weighted by atomic mass is 16.6. The van der Waals surface area contributed by atoms with Gasteiger partial charge in [0.15, 0.2) is 6.10 Å². The minimum absolute atomic E-state index is 0.0771. The Hall–Kier alpha value is -3.15. The Morgan fingerprint density at radius 1 is 0.256 bits per heavy atom. The molecule has 0 radical (unpaired) electrons. The molecule has 0 spiro atoms. The van der Waals surface area contributed by atoms with Crippen molar-refractivity contribution in [3.63, 3.8) is 0 Å². The monoisotopic (exact) mass is 1150 g/mol. The lowest BCUT2D eigenvalue weighted by molar-refractivity contribution is -0.167. The smallest absolute Gasteiger partial charge is 0.306 e. The van der Waals surface area contributed by atoms with Crippen LogP contribution in [-0.2, 0) is 28.6 Å². The van der Waals surface area contributed by atoms with E-state index in [0.29, 0.717) is 19.3 Å². The molecule has 0 aromatic rings. The predicted octanol–water partition coefficient (Wildman–Crippen LogP) is 24.8. The van der Waals surface area contributed by atoms with Gasteiger partial charge in [-0.3, -0.25) is 14.4 Å². The number of unbranched alkanes of at least 4 members (excludes halogenated alkanes) is 43. The highest BCUT2D eigenvalue weighted by Crippen LogP contribution is 2.18. The summed E-state index contributed by atoms with van der Waals surface area (Å²) in [6, 6.07) is 0. The molecule has 0 aromatic heterocycles. The van der Waals surface area contributed by atoms with Gasteiger partial charge in [-0.25, -0.2) is 0 Å². The molecule has 0 aliphatic heterocycles. The van der Waals surface area contributed by atoms with Crippen LogP contribution in [0, 0.1) is 0 Å². The fourth-order valence-electron chi connectivity index (χ4n) is 10.6. The first-order valence-corrected chi connectivity index (χ1v) is 35.9. The Morgan fingerprint density at radius 2 is 0.476 bits per heavy atom. The summed E-state index contributed by atoms with van der Waals surface area (Å²) in [4.78, 5) is 38.3. The zero-order valence-electron chi connectivity index (χ0n) is 54.8. The molecule has 0 aliphatic rings. The Bertz CT molecular complexity index is 1500.